The van der Waals surface area contributed by atoms with Crippen molar-refractivity contribution >= 4 is 28.4 Å². The van der Waals surface area contributed by atoms with Crippen molar-refractivity contribution in [2.45, 2.75) is 6.54 Å². The highest BCUT2D eigenvalue weighted by atomic mass is 16.5. The third-order valence-electron chi connectivity index (χ3n) is 5.03. The van der Waals surface area contributed by atoms with Gasteiger partial charge in [0.25, 0.3) is 0 Å². The summed E-state index contributed by atoms with van der Waals surface area (Å²) in [6.45, 7) is 1.83. The molecule has 1 heterocycles. The van der Waals surface area contributed by atoms with Crippen molar-refractivity contribution < 1.29 is 9.47 Å². The first kappa shape index (κ1) is 20.6. The van der Waals surface area contributed by atoms with Gasteiger partial charge in [0, 0.05) is 31.3 Å². The van der Waals surface area contributed by atoms with Crippen molar-refractivity contribution in [2.24, 2.45) is 0 Å². The van der Waals surface area contributed by atoms with E-state index in [2.05, 4.69) is 22.3 Å². The molecule has 1 N–H and O–H groups in total. The average Bonchev–Trinajstić information content (AvgIpc) is 2.83. The summed E-state index contributed by atoms with van der Waals surface area (Å²) in [4.78, 5) is 11.9. The second-order valence-electron chi connectivity index (χ2n) is 7.05. The number of methoxy groups -OCH3 is 2. The maximum Gasteiger partial charge on any atom is 0.232 e. The van der Waals surface area contributed by atoms with Gasteiger partial charge in [-0.25, -0.2) is 4.98 Å². The highest BCUT2D eigenvalue weighted by molar-refractivity contribution is 5.94. The minimum Gasteiger partial charge on any atom is -0.494 e. The number of fused-ring (bicyclic) bond motifs is 1. The van der Waals surface area contributed by atoms with Crippen molar-refractivity contribution in [3.05, 3.63) is 84.4 Å². The smallest absolute Gasteiger partial charge is 0.232 e. The fourth-order valence-corrected chi connectivity index (χ4v) is 3.45. The Balaban J connectivity index is 1.80. The summed E-state index contributed by atoms with van der Waals surface area (Å²) in [6.07, 6.45) is 0. The lowest BCUT2D eigenvalue weighted by molar-refractivity contribution is 0.207. The van der Waals surface area contributed by atoms with Crippen LogP contribution >= 0.6 is 0 Å². The van der Waals surface area contributed by atoms with Crippen LogP contribution in [0.1, 0.15) is 5.56 Å². The summed E-state index contributed by atoms with van der Waals surface area (Å²) < 4.78 is 11.0. The monoisotopic (exact) mass is 414 g/mol. The Hall–Kier alpha value is -3.64. The number of nitrogens with one attached hydrogen (secondary N) is 1. The SMILES string of the molecule is COCCN(c1ccccc1)c1nc(NCc2ccccc2)c2cccc(OC)c2n1. The first-order chi connectivity index (χ1) is 15.3. The molecule has 0 amide bonds. The van der Waals surface area contributed by atoms with Gasteiger partial charge >= 0.3 is 0 Å². The molecule has 0 aliphatic heterocycles. The summed E-state index contributed by atoms with van der Waals surface area (Å²) in [6, 6.07) is 26.2. The Morgan fingerprint density at radius 3 is 2.29 bits per heavy atom. The molecule has 6 heteroatoms. The van der Waals surface area contributed by atoms with Gasteiger partial charge in [-0.05, 0) is 29.8 Å². The third-order valence-corrected chi connectivity index (χ3v) is 5.03. The molecule has 6 nitrogen and oxygen atoms in total. The van der Waals surface area contributed by atoms with Gasteiger partial charge in [-0.2, -0.15) is 4.98 Å². The van der Waals surface area contributed by atoms with Crippen molar-refractivity contribution in [1.29, 1.82) is 0 Å². The predicted octanol–water partition coefficient (Wildman–Crippen LogP) is 5.04. The molecule has 0 bridgehead atoms. The molecule has 31 heavy (non-hydrogen) atoms. The molecule has 158 valence electrons. The van der Waals surface area contributed by atoms with Crippen LogP contribution in [0.4, 0.5) is 17.5 Å². The molecule has 0 saturated heterocycles. The van der Waals surface area contributed by atoms with E-state index in [1.54, 1.807) is 14.2 Å². The molecule has 0 saturated carbocycles. The van der Waals surface area contributed by atoms with Crippen LogP contribution in [0.3, 0.4) is 0 Å². The van der Waals surface area contributed by atoms with E-state index >= 15 is 0 Å². The minimum absolute atomic E-state index is 0.551. The molecule has 0 radical (unpaired) electrons. The molecular weight excluding hydrogens is 388 g/mol. The van der Waals surface area contributed by atoms with Crippen LogP contribution in [-0.4, -0.2) is 37.3 Å². The first-order valence-electron chi connectivity index (χ1n) is 10.2. The quantitative estimate of drug-likeness (QED) is 0.414. The van der Waals surface area contributed by atoms with E-state index < -0.39 is 0 Å². The van der Waals surface area contributed by atoms with E-state index in [0.29, 0.717) is 31.4 Å². The summed E-state index contributed by atoms with van der Waals surface area (Å²) in [7, 11) is 3.35. The molecule has 0 aliphatic carbocycles. The highest BCUT2D eigenvalue weighted by Crippen LogP contribution is 2.32. The fourth-order valence-electron chi connectivity index (χ4n) is 3.45. The first-order valence-corrected chi connectivity index (χ1v) is 10.2. The van der Waals surface area contributed by atoms with Crippen LogP contribution in [0.15, 0.2) is 78.9 Å². The van der Waals surface area contributed by atoms with Crippen LogP contribution < -0.4 is 15.0 Å². The molecule has 4 rings (SSSR count). The van der Waals surface area contributed by atoms with Crippen LogP contribution in [-0.2, 0) is 11.3 Å². The van der Waals surface area contributed by atoms with Gasteiger partial charge in [0.1, 0.15) is 17.1 Å². The molecule has 0 unspecified atom stereocenters. The van der Waals surface area contributed by atoms with Crippen molar-refractivity contribution in [1.82, 2.24) is 9.97 Å². The minimum atomic E-state index is 0.551. The van der Waals surface area contributed by atoms with E-state index in [0.717, 1.165) is 22.4 Å². The van der Waals surface area contributed by atoms with Gasteiger partial charge in [-0.15, -0.1) is 0 Å². The van der Waals surface area contributed by atoms with E-state index in [-0.39, 0.29) is 0 Å². The second kappa shape index (κ2) is 9.91. The van der Waals surface area contributed by atoms with Crippen molar-refractivity contribution in [3.63, 3.8) is 0 Å². The Bertz CT molecular complexity index is 1120. The molecule has 1 aromatic heterocycles. The van der Waals surface area contributed by atoms with Gasteiger partial charge in [0.15, 0.2) is 0 Å². The molecule has 0 atom stereocenters. The summed E-state index contributed by atoms with van der Waals surface area (Å²) in [5.41, 5.74) is 2.95. The maximum absolute atomic E-state index is 5.61. The molecule has 0 spiro atoms. The van der Waals surface area contributed by atoms with Crippen LogP contribution in [0, 0.1) is 0 Å². The Morgan fingerprint density at radius 2 is 1.58 bits per heavy atom. The van der Waals surface area contributed by atoms with Crippen LogP contribution in [0.2, 0.25) is 0 Å². The number of rotatable bonds is 9. The van der Waals surface area contributed by atoms with E-state index in [1.807, 2.05) is 66.7 Å². The van der Waals surface area contributed by atoms with E-state index in [1.165, 1.54) is 5.56 Å². The van der Waals surface area contributed by atoms with E-state index in [9.17, 15) is 0 Å². The number of nitrogens with zero attached hydrogens (tertiary/aromatic N) is 3. The number of anilines is 3. The zero-order valence-electron chi connectivity index (χ0n) is 17.8. The van der Waals surface area contributed by atoms with Gasteiger partial charge in [-0.1, -0.05) is 54.6 Å². The van der Waals surface area contributed by atoms with Crippen molar-refractivity contribution in [3.8, 4) is 5.75 Å². The summed E-state index contributed by atoms with van der Waals surface area (Å²) in [5.74, 6) is 2.07. The highest BCUT2D eigenvalue weighted by Gasteiger charge is 2.17. The number of aromatic nitrogens is 2. The largest absolute Gasteiger partial charge is 0.494 e. The standard InChI is InChI=1S/C25H26N4O2/c1-30-17-16-29(20-12-7-4-8-13-20)25-27-23-21(14-9-15-22(23)31-2)24(28-25)26-18-19-10-5-3-6-11-19/h3-15H,16-18H2,1-2H3,(H,26,27,28). The third kappa shape index (κ3) is 4.75. The van der Waals surface area contributed by atoms with Gasteiger partial charge < -0.3 is 19.7 Å². The van der Waals surface area contributed by atoms with Gasteiger partial charge in [-0.3, -0.25) is 0 Å². The van der Waals surface area contributed by atoms with Crippen LogP contribution in [0.5, 0.6) is 5.75 Å². The number of benzene rings is 3. The number of hydrogen-bond acceptors (Lipinski definition) is 6. The Kier molecular flexibility index (Phi) is 6.59. The number of hydrogen-bond donors (Lipinski definition) is 1. The van der Waals surface area contributed by atoms with Gasteiger partial charge in [0.05, 0.1) is 13.7 Å². The lowest BCUT2D eigenvalue weighted by atomic mass is 10.2. The predicted molar refractivity (Wildman–Crippen MR) is 125 cm³/mol. The maximum atomic E-state index is 5.61. The molecule has 4 aromatic rings. The zero-order valence-corrected chi connectivity index (χ0v) is 17.8. The zero-order chi connectivity index (χ0) is 21.5. The van der Waals surface area contributed by atoms with E-state index in [4.69, 9.17) is 19.4 Å². The lowest BCUT2D eigenvalue weighted by Gasteiger charge is -2.24. The summed E-state index contributed by atoms with van der Waals surface area (Å²) >= 11 is 0. The molecular formula is C25H26N4O2. The Labute approximate surface area is 182 Å². The lowest BCUT2D eigenvalue weighted by Crippen LogP contribution is -2.24. The average molecular weight is 415 g/mol. The molecule has 0 aliphatic rings. The normalized spacial score (nSPS) is 10.8. The second-order valence-corrected chi connectivity index (χ2v) is 7.05. The number of para-hydroxylation sites is 2. The van der Waals surface area contributed by atoms with Crippen LogP contribution in [0.25, 0.3) is 10.9 Å². The Morgan fingerprint density at radius 1 is 0.839 bits per heavy atom. The molecule has 3 aromatic carbocycles. The topological polar surface area (TPSA) is 59.5 Å². The van der Waals surface area contributed by atoms with Crippen molar-refractivity contribution in [2.75, 3.05) is 37.6 Å². The summed E-state index contributed by atoms with van der Waals surface area (Å²) in [5, 5.41) is 4.41. The molecule has 0 fully saturated rings. The van der Waals surface area contributed by atoms with Gasteiger partial charge in [0.2, 0.25) is 5.95 Å². The number of ether oxygens (including phenoxy) is 2. The fraction of sp³-hybridized carbons (Fsp3) is 0.200.